The summed E-state index contributed by atoms with van der Waals surface area (Å²) in [7, 11) is 1.64. The van der Waals surface area contributed by atoms with Crippen LogP contribution in [0.15, 0.2) is 16.8 Å². The van der Waals surface area contributed by atoms with Crippen LogP contribution in [0.5, 0.6) is 0 Å². The molecule has 2 atom stereocenters. The van der Waals surface area contributed by atoms with Gasteiger partial charge in [0.25, 0.3) is 5.91 Å². The number of rotatable bonds is 2. The molecule has 2 N–H and O–H groups in total. The summed E-state index contributed by atoms with van der Waals surface area (Å²) in [5.41, 5.74) is 0. The maximum absolute atomic E-state index is 11.8. The number of aliphatic hydroxyl groups is 1. The molecule has 6 heteroatoms. The van der Waals surface area contributed by atoms with E-state index in [0.29, 0.717) is 13.1 Å². The molecule has 0 spiro atoms. The van der Waals surface area contributed by atoms with Gasteiger partial charge in [-0.1, -0.05) is 5.16 Å². The molecule has 0 saturated carbocycles. The van der Waals surface area contributed by atoms with Crippen LogP contribution in [0.1, 0.15) is 10.6 Å². The molecule has 15 heavy (non-hydrogen) atoms. The molecule has 1 amide bonds. The molecule has 0 aromatic carbocycles. The van der Waals surface area contributed by atoms with Gasteiger partial charge in [-0.05, 0) is 0 Å². The van der Waals surface area contributed by atoms with E-state index < -0.39 is 6.10 Å². The van der Waals surface area contributed by atoms with E-state index in [1.54, 1.807) is 7.05 Å². The fraction of sp³-hybridized carbons (Fsp3) is 0.556. The summed E-state index contributed by atoms with van der Waals surface area (Å²) in [5.74, 6) is -0.0724. The van der Waals surface area contributed by atoms with E-state index in [1.807, 2.05) is 0 Å². The molecular weight excluding hydrogens is 198 g/mol. The molecule has 0 bridgehead atoms. The van der Waals surface area contributed by atoms with Crippen molar-refractivity contribution in [3.8, 4) is 0 Å². The molecule has 82 valence electrons. The number of carbonyl (C=O) groups excluding carboxylic acids is 1. The van der Waals surface area contributed by atoms with E-state index in [-0.39, 0.29) is 17.7 Å². The minimum Gasteiger partial charge on any atom is -0.390 e. The summed E-state index contributed by atoms with van der Waals surface area (Å²) in [6.45, 7) is 1.11. The predicted molar refractivity (Wildman–Crippen MR) is 51.3 cm³/mol. The maximum Gasteiger partial charge on any atom is 0.292 e. The van der Waals surface area contributed by atoms with Crippen molar-refractivity contribution in [1.29, 1.82) is 0 Å². The van der Waals surface area contributed by atoms with Gasteiger partial charge in [0, 0.05) is 26.2 Å². The van der Waals surface area contributed by atoms with Crippen molar-refractivity contribution in [2.75, 3.05) is 20.1 Å². The Labute approximate surface area is 86.8 Å². The monoisotopic (exact) mass is 211 g/mol. The second kappa shape index (κ2) is 4.00. The highest BCUT2D eigenvalue weighted by molar-refractivity contribution is 5.91. The molecule has 0 aliphatic carbocycles. The zero-order valence-electron chi connectivity index (χ0n) is 8.38. The summed E-state index contributed by atoms with van der Waals surface area (Å²) in [5, 5.41) is 16.1. The zero-order valence-corrected chi connectivity index (χ0v) is 8.38. The highest BCUT2D eigenvalue weighted by Gasteiger charge is 2.32. The third kappa shape index (κ3) is 1.86. The number of nitrogens with one attached hydrogen (secondary N) is 1. The van der Waals surface area contributed by atoms with Crippen LogP contribution in [0.3, 0.4) is 0 Å². The minimum atomic E-state index is -0.526. The Morgan fingerprint density at radius 1 is 1.73 bits per heavy atom. The van der Waals surface area contributed by atoms with E-state index in [1.165, 1.54) is 17.2 Å². The fourth-order valence-corrected chi connectivity index (χ4v) is 1.70. The average Bonchev–Trinajstić information content (AvgIpc) is 2.85. The standard InChI is InChI=1S/C9H13N3O3/c1-12(6-4-10-5-7(6)13)9(14)8-2-3-11-15-8/h2-3,6-7,10,13H,4-5H2,1H3. The van der Waals surface area contributed by atoms with Crippen molar-refractivity contribution in [2.24, 2.45) is 0 Å². The van der Waals surface area contributed by atoms with Crippen LogP contribution in [-0.2, 0) is 0 Å². The largest absolute Gasteiger partial charge is 0.390 e. The van der Waals surface area contributed by atoms with Crippen LogP contribution >= 0.6 is 0 Å². The molecule has 6 nitrogen and oxygen atoms in total. The van der Waals surface area contributed by atoms with Gasteiger partial charge >= 0.3 is 0 Å². The molecule has 1 aliphatic rings. The molecule has 1 fully saturated rings. The van der Waals surface area contributed by atoms with Crippen LogP contribution in [0.4, 0.5) is 0 Å². The number of hydrogen-bond donors (Lipinski definition) is 2. The van der Waals surface area contributed by atoms with Crippen molar-refractivity contribution < 1.29 is 14.4 Å². The van der Waals surface area contributed by atoms with Crippen LogP contribution in [0.25, 0.3) is 0 Å². The molecule has 2 unspecified atom stereocenters. The lowest BCUT2D eigenvalue weighted by Crippen LogP contribution is -2.44. The van der Waals surface area contributed by atoms with E-state index in [9.17, 15) is 9.90 Å². The lowest BCUT2D eigenvalue weighted by molar-refractivity contribution is 0.0544. The van der Waals surface area contributed by atoms with Gasteiger partial charge in [0.1, 0.15) is 0 Å². The fourth-order valence-electron chi connectivity index (χ4n) is 1.70. The van der Waals surface area contributed by atoms with E-state index in [4.69, 9.17) is 4.52 Å². The summed E-state index contributed by atoms with van der Waals surface area (Å²) in [6.07, 6.45) is 0.895. The summed E-state index contributed by atoms with van der Waals surface area (Å²) in [4.78, 5) is 13.3. The Bertz CT molecular complexity index is 338. The molecular formula is C9H13N3O3. The molecule has 1 aromatic rings. The van der Waals surface area contributed by atoms with Gasteiger partial charge in [-0.2, -0.15) is 0 Å². The summed E-state index contributed by atoms with van der Waals surface area (Å²) < 4.78 is 4.77. The first-order valence-corrected chi connectivity index (χ1v) is 4.77. The van der Waals surface area contributed by atoms with Crippen LogP contribution in [0, 0.1) is 0 Å². The first-order valence-electron chi connectivity index (χ1n) is 4.77. The number of aliphatic hydroxyl groups excluding tert-OH is 1. The van der Waals surface area contributed by atoms with E-state index in [0.717, 1.165) is 0 Å². The number of nitrogens with zero attached hydrogens (tertiary/aromatic N) is 2. The average molecular weight is 211 g/mol. The first-order chi connectivity index (χ1) is 7.20. The van der Waals surface area contributed by atoms with Crippen LogP contribution in [-0.4, -0.2) is 53.4 Å². The van der Waals surface area contributed by atoms with Gasteiger partial charge in [0.05, 0.1) is 18.3 Å². The lowest BCUT2D eigenvalue weighted by atomic mass is 10.2. The number of carbonyl (C=O) groups is 1. The number of aromatic nitrogens is 1. The summed E-state index contributed by atoms with van der Waals surface area (Å²) >= 11 is 0. The molecule has 1 aromatic heterocycles. The van der Waals surface area contributed by atoms with Crippen LogP contribution < -0.4 is 5.32 Å². The molecule has 1 saturated heterocycles. The second-order valence-electron chi connectivity index (χ2n) is 3.59. The number of β-amino-alcohol motifs (C(OH)–C–C–N with tert-alkyl or cyclic N) is 1. The zero-order chi connectivity index (χ0) is 10.8. The Morgan fingerprint density at radius 2 is 2.53 bits per heavy atom. The Kier molecular flexibility index (Phi) is 2.70. The predicted octanol–water partition coefficient (Wildman–Crippen LogP) is -0.921. The Hall–Kier alpha value is -1.40. The lowest BCUT2D eigenvalue weighted by Gasteiger charge is -2.25. The van der Waals surface area contributed by atoms with Crippen molar-refractivity contribution in [2.45, 2.75) is 12.1 Å². The van der Waals surface area contributed by atoms with Crippen molar-refractivity contribution in [1.82, 2.24) is 15.4 Å². The van der Waals surface area contributed by atoms with Gasteiger partial charge in [0.2, 0.25) is 5.76 Å². The number of amides is 1. The normalized spacial score (nSPS) is 25.5. The molecule has 2 rings (SSSR count). The van der Waals surface area contributed by atoms with E-state index >= 15 is 0 Å². The van der Waals surface area contributed by atoms with Crippen molar-refractivity contribution >= 4 is 5.91 Å². The molecule has 0 radical (unpaired) electrons. The van der Waals surface area contributed by atoms with E-state index in [2.05, 4.69) is 10.5 Å². The third-order valence-electron chi connectivity index (χ3n) is 2.62. The van der Waals surface area contributed by atoms with Crippen LogP contribution in [0.2, 0.25) is 0 Å². The Morgan fingerprint density at radius 3 is 3.07 bits per heavy atom. The smallest absolute Gasteiger partial charge is 0.292 e. The van der Waals surface area contributed by atoms with Gasteiger partial charge in [-0.15, -0.1) is 0 Å². The maximum atomic E-state index is 11.8. The second-order valence-corrected chi connectivity index (χ2v) is 3.59. The summed E-state index contributed by atoms with van der Waals surface area (Å²) in [6, 6.07) is 1.30. The highest BCUT2D eigenvalue weighted by atomic mass is 16.5. The minimum absolute atomic E-state index is 0.191. The van der Waals surface area contributed by atoms with Crippen molar-refractivity contribution in [3.05, 3.63) is 18.0 Å². The topological polar surface area (TPSA) is 78.6 Å². The Balaban J connectivity index is 2.07. The van der Waals surface area contributed by atoms with Gasteiger partial charge in [-0.25, -0.2) is 0 Å². The van der Waals surface area contributed by atoms with Gasteiger partial charge in [0.15, 0.2) is 0 Å². The third-order valence-corrected chi connectivity index (χ3v) is 2.62. The molecule has 1 aliphatic heterocycles. The highest BCUT2D eigenvalue weighted by Crippen LogP contribution is 2.11. The first kappa shape index (κ1) is 10.1. The SMILES string of the molecule is CN(C(=O)c1ccno1)C1CNCC1O. The molecule has 2 heterocycles. The van der Waals surface area contributed by atoms with Crippen molar-refractivity contribution in [3.63, 3.8) is 0 Å². The number of hydrogen-bond acceptors (Lipinski definition) is 5. The van der Waals surface area contributed by atoms with Gasteiger partial charge in [-0.3, -0.25) is 4.79 Å². The number of likely N-dealkylation sites (N-methyl/N-ethyl adjacent to an activating group) is 1. The van der Waals surface area contributed by atoms with Gasteiger partial charge < -0.3 is 19.8 Å². The quantitative estimate of drug-likeness (QED) is 0.661.